The van der Waals surface area contributed by atoms with Crippen molar-refractivity contribution in [2.24, 2.45) is 0 Å². The van der Waals surface area contributed by atoms with Gasteiger partial charge in [0.25, 0.3) is 0 Å². The van der Waals surface area contributed by atoms with Crippen molar-refractivity contribution in [2.75, 3.05) is 19.7 Å². The Morgan fingerprint density at radius 1 is 1.32 bits per heavy atom. The van der Waals surface area contributed by atoms with E-state index in [1.807, 2.05) is 18.2 Å². The van der Waals surface area contributed by atoms with Crippen LogP contribution in [0.4, 0.5) is 4.39 Å². The fourth-order valence-electron chi connectivity index (χ4n) is 2.55. The Morgan fingerprint density at radius 2 is 2.23 bits per heavy atom. The van der Waals surface area contributed by atoms with Crippen molar-refractivity contribution < 1.29 is 13.9 Å². The molecule has 1 unspecified atom stereocenters. The number of benzene rings is 1. The first-order valence-electron chi connectivity index (χ1n) is 7.27. The van der Waals surface area contributed by atoms with Crippen LogP contribution in [0.25, 0.3) is 0 Å². The number of pyridine rings is 1. The Labute approximate surface area is 128 Å². The van der Waals surface area contributed by atoms with Crippen molar-refractivity contribution in [3.05, 3.63) is 65.7 Å². The number of aromatic nitrogens is 1. The Balaban J connectivity index is 1.65. The highest BCUT2D eigenvalue weighted by Crippen LogP contribution is 2.20. The molecule has 114 valence electrons. The van der Waals surface area contributed by atoms with Crippen LogP contribution in [-0.4, -0.2) is 35.5 Å². The van der Waals surface area contributed by atoms with Crippen LogP contribution in [0.2, 0.25) is 0 Å². The fraction of sp³-hybridized carbons (Fsp3) is 0.294. The molecular weight excluding hydrogens is 283 g/mol. The maximum Gasteiger partial charge on any atom is 0.227 e. The summed E-state index contributed by atoms with van der Waals surface area (Å²) >= 11 is 0. The molecule has 1 aliphatic rings. The van der Waals surface area contributed by atoms with Gasteiger partial charge >= 0.3 is 0 Å². The van der Waals surface area contributed by atoms with Crippen molar-refractivity contribution in [3.63, 3.8) is 0 Å². The summed E-state index contributed by atoms with van der Waals surface area (Å²) in [4.78, 5) is 18.4. The standard InChI is InChI=1S/C17H17FN2O2/c18-14-5-3-4-13(10-14)11-17(21)20-8-9-22-16(12-20)15-6-1-2-7-19-15/h1-7,10,16H,8-9,11-12H2. The molecule has 4 nitrogen and oxygen atoms in total. The van der Waals surface area contributed by atoms with Crippen LogP contribution in [0, 0.1) is 5.82 Å². The van der Waals surface area contributed by atoms with Gasteiger partial charge in [-0.2, -0.15) is 0 Å². The summed E-state index contributed by atoms with van der Waals surface area (Å²) in [7, 11) is 0. The molecule has 1 aromatic carbocycles. The number of hydrogen-bond donors (Lipinski definition) is 0. The van der Waals surface area contributed by atoms with E-state index in [-0.39, 0.29) is 24.2 Å². The minimum Gasteiger partial charge on any atom is -0.368 e. The molecule has 2 aromatic rings. The molecule has 22 heavy (non-hydrogen) atoms. The third-order valence-corrected chi connectivity index (χ3v) is 3.68. The average molecular weight is 300 g/mol. The number of rotatable bonds is 3. The number of amides is 1. The van der Waals surface area contributed by atoms with E-state index in [9.17, 15) is 9.18 Å². The molecule has 5 heteroatoms. The van der Waals surface area contributed by atoms with Crippen molar-refractivity contribution in [1.82, 2.24) is 9.88 Å². The largest absolute Gasteiger partial charge is 0.368 e. The Hall–Kier alpha value is -2.27. The predicted octanol–water partition coefficient (Wildman–Crippen LogP) is 2.36. The second-order valence-electron chi connectivity index (χ2n) is 5.26. The topological polar surface area (TPSA) is 42.4 Å². The number of halogens is 1. The summed E-state index contributed by atoms with van der Waals surface area (Å²) in [6, 6.07) is 11.8. The van der Waals surface area contributed by atoms with Crippen LogP contribution < -0.4 is 0 Å². The third kappa shape index (κ3) is 3.49. The van der Waals surface area contributed by atoms with Crippen LogP contribution in [0.3, 0.4) is 0 Å². The van der Waals surface area contributed by atoms with Gasteiger partial charge in [0.1, 0.15) is 11.9 Å². The maximum absolute atomic E-state index is 13.2. The van der Waals surface area contributed by atoms with E-state index in [0.717, 1.165) is 5.69 Å². The normalized spacial score (nSPS) is 18.2. The third-order valence-electron chi connectivity index (χ3n) is 3.68. The smallest absolute Gasteiger partial charge is 0.227 e. The molecule has 1 aromatic heterocycles. The first-order chi connectivity index (χ1) is 10.7. The lowest BCUT2D eigenvalue weighted by atomic mass is 10.1. The first kappa shape index (κ1) is 14.7. The molecule has 3 rings (SSSR count). The van der Waals surface area contributed by atoms with Crippen LogP contribution in [-0.2, 0) is 16.0 Å². The number of carbonyl (C=O) groups excluding carboxylic acids is 1. The lowest BCUT2D eigenvalue weighted by molar-refractivity contribution is -0.138. The van der Waals surface area contributed by atoms with Crippen LogP contribution in [0.1, 0.15) is 17.4 Å². The van der Waals surface area contributed by atoms with E-state index in [1.165, 1.54) is 12.1 Å². The van der Waals surface area contributed by atoms with Gasteiger partial charge in [-0.3, -0.25) is 9.78 Å². The number of carbonyl (C=O) groups is 1. The lowest BCUT2D eigenvalue weighted by Crippen LogP contribution is -2.43. The lowest BCUT2D eigenvalue weighted by Gasteiger charge is -2.32. The highest BCUT2D eigenvalue weighted by Gasteiger charge is 2.26. The highest BCUT2D eigenvalue weighted by molar-refractivity contribution is 5.78. The molecule has 1 atom stereocenters. The molecule has 1 fully saturated rings. The molecule has 0 bridgehead atoms. The number of ether oxygens (including phenoxy) is 1. The highest BCUT2D eigenvalue weighted by atomic mass is 19.1. The van der Waals surface area contributed by atoms with Crippen molar-refractivity contribution in [3.8, 4) is 0 Å². The number of morpholine rings is 1. The van der Waals surface area contributed by atoms with Gasteiger partial charge < -0.3 is 9.64 Å². The van der Waals surface area contributed by atoms with E-state index < -0.39 is 0 Å². The molecule has 0 spiro atoms. The minimum atomic E-state index is -0.321. The number of hydrogen-bond acceptors (Lipinski definition) is 3. The van der Waals surface area contributed by atoms with Crippen molar-refractivity contribution >= 4 is 5.91 Å². The molecule has 1 aliphatic heterocycles. The monoisotopic (exact) mass is 300 g/mol. The van der Waals surface area contributed by atoms with E-state index in [2.05, 4.69) is 4.98 Å². The molecule has 1 amide bonds. The molecular formula is C17H17FN2O2. The molecule has 0 saturated carbocycles. The fourth-order valence-corrected chi connectivity index (χ4v) is 2.55. The van der Waals surface area contributed by atoms with E-state index in [0.29, 0.717) is 25.3 Å². The summed E-state index contributed by atoms with van der Waals surface area (Å²) in [5.74, 6) is -0.339. The van der Waals surface area contributed by atoms with Crippen molar-refractivity contribution in [2.45, 2.75) is 12.5 Å². The summed E-state index contributed by atoms with van der Waals surface area (Å²) in [5.41, 5.74) is 1.51. The SMILES string of the molecule is O=C(Cc1cccc(F)c1)N1CCOC(c2ccccn2)C1. The average Bonchev–Trinajstić information content (AvgIpc) is 2.56. The summed E-state index contributed by atoms with van der Waals surface area (Å²) in [6.45, 7) is 1.51. The molecule has 0 radical (unpaired) electrons. The molecule has 2 heterocycles. The van der Waals surface area contributed by atoms with Crippen LogP contribution >= 0.6 is 0 Å². The van der Waals surface area contributed by atoms with Gasteiger partial charge in [0.05, 0.1) is 25.3 Å². The van der Waals surface area contributed by atoms with Gasteiger partial charge in [0, 0.05) is 12.7 Å². The van der Waals surface area contributed by atoms with Crippen molar-refractivity contribution in [1.29, 1.82) is 0 Å². The van der Waals surface area contributed by atoms with Gasteiger partial charge in [-0.15, -0.1) is 0 Å². The van der Waals surface area contributed by atoms with Crippen LogP contribution in [0.5, 0.6) is 0 Å². The zero-order chi connectivity index (χ0) is 15.4. The van der Waals surface area contributed by atoms with Gasteiger partial charge in [0.15, 0.2) is 0 Å². The van der Waals surface area contributed by atoms with Gasteiger partial charge in [-0.1, -0.05) is 18.2 Å². The number of nitrogens with zero attached hydrogens (tertiary/aromatic N) is 2. The molecule has 0 N–H and O–H groups in total. The van der Waals surface area contributed by atoms with E-state index >= 15 is 0 Å². The second kappa shape index (κ2) is 6.66. The molecule has 1 saturated heterocycles. The predicted molar refractivity (Wildman–Crippen MR) is 79.6 cm³/mol. The zero-order valence-corrected chi connectivity index (χ0v) is 12.1. The minimum absolute atomic E-state index is 0.0187. The van der Waals surface area contributed by atoms with E-state index in [4.69, 9.17) is 4.74 Å². The molecule has 0 aliphatic carbocycles. The summed E-state index contributed by atoms with van der Waals surface area (Å²) in [5, 5.41) is 0. The van der Waals surface area contributed by atoms with Gasteiger partial charge in [-0.05, 0) is 29.8 Å². The quantitative estimate of drug-likeness (QED) is 0.874. The summed E-state index contributed by atoms with van der Waals surface area (Å²) in [6.07, 6.45) is 1.71. The Morgan fingerprint density at radius 3 is 3.00 bits per heavy atom. The van der Waals surface area contributed by atoms with E-state index in [1.54, 1.807) is 23.2 Å². The van der Waals surface area contributed by atoms with Crippen LogP contribution in [0.15, 0.2) is 48.7 Å². The Kier molecular flexibility index (Phi) is 4.44. The summed E-state index contributed by atoms with van der Waals surface area (Å²) < 4.78 is 18.9. The Bertz CT molecular complexity index is 648. The second-order valence-corrected chi connectivity index (χ2v) is 5.26. The maximum atomic E-state index is 13.2. The van der Waals surface area contributed by atoms with Gasteiger partial charge in [-0.25, -0.2) is 4.39 Å². The van der Waals surface area contributed by atoms with Gasteiger partial charge in [0.2, 0.25) is 5.91 Å². The zero-order valence-electron chi connectivity index (χ0n) is 12.1. The first-order valence-corrected chi connectivity index (χ1v) is 7.27.